The van der Waals surface area contributed by atoms with Gasteiger partial charge in [0.25, 0.3) is 0 Å². The minimum atomic E-state index is 0.821. The highest BCUT2D eigenvalue weighted by Gasteiger charge is 2.23. The Morgan fingerprint density at radius 3 is 3.08 bits per heavy atom. The second-order valence-electron chi connectivity index (χ2n) is 3.86. The monoisotopic (exact) mass is 172 g/mol. The van der Waals surface area contributed by atoms with Gasteiger partial charge in [0.1, 0.15) is 5.65 Å². The maximum atomic E-state index is 4.35. The van der Waals surface area contributed by atoms with Gasteiger partial charge in [-0.3, -0.25) is 0 Å². The van der Waals surface area contributed by atoms with Crippen molar-refractivity contribution in [2.45, 2.75) is 25.7 Å². The molecule has 2 aromatic heterocycles. The molecule has 2 heterocycles. The lowest BCUT2D eigenvalue weighted by molar-refractivity contribution is 1.06. The molecule has 3 rings (SSSR count). The van der Waals surface area contributed by atoms with E-state index in [0.717, 1.165) is 11.6 Å². The average molecular weight is 172 g/mol. The number of pyridine rings is 1. The van der Waals surface area contributed by atoms with E-state index in [4.69, 9.17) is 0 Å². The molecule has 0 aliphatic heterocycles. The second kappa shape index (κ2) is 2.34. The van der Waals surface area contributed by atoms with Crippen LogP contribution in [0.1, 0.15) is 30.0 Å². The summed E-state index contributed by atoms with van der Waals surface area (Å²) >= 11 is 0. The van der Waals surface area contributed by atoms with Gasteiger partial charge in [0.2, 0.25) is 0 Å². The smallest absolute Gasteiger partial charge is 0.137 e. The van der Waals surface area contributed by atoms with Gasteiger partial charge in [-0.25, -0.2) is 4.98 Å². The fourth-order valence-corrected chi connectivity index (χ4v) is 1.79. The van der Waals surface area contributed by atoms with Crippen molar-refractivity contribution in [1.82, 2.24) is 9.38 Å². The molecule has 2 aromatic rings. The molecule has 2 heteroatoms. The van der Waals surface area contributed by atoms with E-state index in [1.54, 1.807) is 0 Å². The molecule has 1 saturated carbocycles. The molecule has 1 aliphatic rings. The first kappa shape index (κ1) is 7.13. The van der Waals surface area contributed by atoms with Crippen molar-refractivity contribution in [3.05, 3.63) is 35.8 Å². The van der Waals surface area contributed by atoms with E-state index < -0.39 is 0 Å². The molecule has 0 saturated heterocycles. The molecule has 13 heavy (non-hydrogen) atoms. The van der Waals surface area contributed by atoms with Crippen LogP contribution in [-0.2, 0) is 0 Å². The number of aryl methyl sites for hydroxylation is 1. The van der Waals surface area contributed by atoms with E-state index in [1.165, 1.54) is 24.1 Å². The Bertz CT molecular complexity index is 452. The first-order chi connectivity index (χ1) is 6.34. The quantitative estimate of drug-likeness (QED) is 0.646. The summed E-state index contributed by atoms with van der Waals surface area (Å²) in [5, 5.41) is 0. The van der Waals surface area contributed by atoms with Gasteiger partial charge in [-0.2, -0.15) is 0 Å². The zero-order chi connectivity index (χ0) is 8.84. The van der Waals surface area contributed by atoms with Gasteiger partial charge < -0.3 is 4.40 Å². The van der Waals surface area contributed by atoms with Gasteiger partial charge >= 0.3 is 0 Å². The van der Waals surface area contributed by atoms with Crippen LogP contribution in [0.25, 0.3) is 5.65 Å². The van der Waals surface area contributed by atoms with E-state index in [-0.39, 0.29) is 0 Å². The molecule has 1 fully saturated rings. The molecule has 0 spiro atoms. The summed E-state index contributed by atoms with van der Waals surface area (Å²) in [6.45, 7) is 2.08. The first-order valence-electron chi connectivity index (χ1n) is 4.78. The summed E-state index contributed by atoms with van der Waals surface area (Å²) in [6, 6.07) is 4.43. The minimum Gasteiger partial charge on any atom is -0.304 e. The summed E-state index contributed by atoms with van der Waals surface area (Å²) in [5.41, 5.74) is 3.75. The standard InChI is InChI=1S/C11H12N2/c1-8-7-12-11-6-10(9-2-3-9)4-5-13(8)11/h4-7,9H,2-3H2,1H3. The highest BCUT2D eigenvalue weighted by atomic mass is 15.0. The van der Waals surface area contributed by atoms with Crippen LogP contribution in [0, 0.1) is 6.92 Å². The molecule has 66 valence electrons. The summed E-state index contributed by atoms with van der Waals surface area (Å²) < 4.78 is 2.13. The summed E-state index contributed by atoms with van der Waals surface area (Å²) in [6.07, 6.45) is 6.77. The van der Waals surface area contributed by atoms with Crippen LogP contribution < -0.4 is 0 Å². The van der Waals surface area contributed by atoms with Crippen molar-refractivity contribution in [2.24, 2.45) is 0 Å². The van der Waals surface area contributed by atoms with Crippen molar-refractivity contribution >= 4 is 5.65 Å². The normalized spacial score (nSPS) is 16.7. The Labute approximate surface area is 77.2 Å². The van der Waals surface area contributed by atoms with Gasteiger partial charge in [-0.15, -0.1) is 0 Å². The zero-order valence-electron chi connectivity index (χ0n) is 7.70. The number of nitrogens with zero attached hydrogens (tertiary/aromatic N) is 2. The predicted octanol–water partition coefficient (Wildman–Crippen LogP) is 2.52. The van der Waals surface area contributed by atoms with Gasteiger partial charge in [0.05, 0.1) is 0 Å². The van der Waals surface area contributed by atoms with Crippen LogP contribution in [0.4, 0.5) is 0 Å². The van der Waals surface area contributed by atoms with E-state index in [2.05, 4.69) is 34.6 Å². The molecule has 0 atom stereocenters. The number of hydrogen-bond donors (Lipinski definition) is 0. The SMILES string of the molecule is Cc1cnc2cc(C3CC3)ccn12. The van der Waals surface area contributed by atoms with Gasteiger partial charge in [0, 0.05) is 18.1 Å². The van der Waals surface area contributed by atoms with E-state index in [9.17, 15) is 0 Å². The van der Waals surface area contributed by atoms with E-state index in [0.29, 0.717) is 0 Å². The third kappa shape index (κ3) is 1.05. The fraction of sp³-hybridized carbons (Fsp3) is 0.364. The molecule has 0 radical (unpaired) electrons. The van der Waals surface area contributed by atoms with Gasteiger partial charge in [-0.1, -0.05) is 0 Å². The molecule has 1 aliphatic carbocycles. The van der Waals surface area contributed by atoms with Crippen LogP contribution in [0.2, 0.25) is 0 Å². The lowest BCUT2D eigenvalue weighted by atomic mass is 10.2. The number of imidazole rings is 1. The summed E-state index contributed by atoms with van der Waals surface area (Å²) in [5.74, 6) is 0.821. The van der Waals surface area contributed by atoms with Crippen molar-refractivity contribution in [3.63, 3.8) is 0 Å². The first-order valence-corrected chi connectivity index (χ1v) is 4.78. The van der Waals surface area contributed by atoms with Crippen molar-refractivity contribution in [1.29, 1.82) is 0 Å². The largest absolute Gasteiger partial charge is 0.304 e. The van der Waals surface area contributed by atoms with Crippen LogP contribution in [0.15, 0.2) is 24.5 Å². The van der Waals surface area contributed by atoms with E-state index in [1.807, 2.05) is 6.20 Å². The molecule has 0 amide bonds. The molecule has 0 bridgehead atoms. The Morgan fingerprint density at radius 2 is 2.31 bits per heavy atom. The highest BCUT2D eigenvalue weighted by molar-refractivity contribution is 5.44. The lowest BCUT2D eigenvalue weighted by Crippen LogP contribution is -1.88. The number of fused-ring (bicyclic) bond motifs is 1. The van der Waals surface area contributed by atoms with Gasteiger partial charge in [0.15, 0.2) is 0 Å². The summed E-state index contributed by atoms with van der Waals surface area (Å²) in [4.78, 5) is 4.35. The topological polar surface area (TPSA) is 17.3 Å². The Balaban J connectivity index is 2.21. The maximum absolute atomic E-state index is 4.35. The minimum absolute atomic E-state index is 0.821. The van der Waals surface area contributed by atoms with Crippen molar-refractivity contribution in [3.8, 4) is 0 Å². The Morgan fingerprint density at radius 1 is 1.46 bits per heavy atom. The third-order valence-electron chi connectivity index (χ3n) is 2.77. The third-order valence-corrected chi connectivity index (χ3v) is 2.77. The molecule has 2 nitrogen and oxygen atoms in total. The summed E-state index contributed by atoms with van der Waals surface area (Å²) in [7, 11) is 0. The zero-order valence-corrected chi connectivity index (χ0v) is 7.70. The fourth-order valence-electron chi connectivity index (χ4n) is 1.79. The highest BCUT2D eigenvalue weighted by Crippen LogP contribution is 2.40. The van der Waals surface area contributed by atoms with E-state index >= 15 is 0 Å². The Kier molecular flexibility index (Phi) is 1.29. The van der Waals surface area contributed by atoms with Gasteiger partial charge in [-0.05, 0) is 43.4 Å². The van der Waals surface area contributed by atoms with Crippen LogP contribution >= 0.6 is 0 Å². The molecule has 0 unspecified atom stereocenters. The number of aromatic nitrogens is 2. The predicted molar refractivity (Wildman–Crippen MR) is 51.9 cm³/mol. The van der Waals surface area contributed by atoms with Crippen LogP contribution in [-0.4, -0.2) is 9.38 Å². The van der Waals surface area contributed by atoms with Crippen molar-refractivity contribution in [2.75, 3.05) is 0 Å². The molecular formula is C11H12N2. The molecule has 0 aromatic carbocycles. The molecular weight excluding hydrogens is 160 g/mol. The average Bonchev–Trinajstić information content (AvgIpc) is 2.93. The molecule has 0 N–H and O–H groups in total. The maximum Gasteiger partial charge on any atom is 0.137 e. The second-order valence-corrected chi connectivity index (χ2v) is 3.86. The lowest BCUT2D eigenvalue weighted by Gasteiger charge is -1.99. The number of rotatable bonds is 1. The van der Waals surface area contributed by atoms with Crippen LogP contribution in [0.3, 0.4) is 0 Å². The van der Waals surface area contributed by atoms with Crippen molar-refractivity contribution < 1.29 is 0 Å². The number of hydrogen-bond acceptors (Lipinski definition) is 1. The van der Waals surface area contributed by atoms with Crippen LogP contribution in [0.5, 0.6) is 0 Å². The Hall–Kier alpha value is -1.31.